The Hall–Kier alpha value is -3.86. The van der Waals surface area contributed by atoms with Crippen molar-refractivity contribution in [2.75, 3.05) is 18.4 Å². The summed E-state index contributed by atoms with van der Waals surface area (Å²) in [5.41, 5.74) is 3.88. The molecule has 37 heavy (non-hydrogen) atoms. The summed E-state index contributed by atoms with van der Waals surface area (Å²) in [5.74, 6) is 0.235. The Balaban J connectivity index is 1.35. The molecule has 1 aliphatic heterocycles. The lowest BCUT2D eigenvalue weighted by Gasteiger charge is -2.33. The molecule has 0 spiro atoms. The third kappa shape index (κ3) is 6.67. The van der Waals surface area contributed by atoms with Crippen LogP contribution in [-0.4, -0.2) is 47.9 Å². The van der Waals surface area contributed by atoms with Crippen molar-refractivity contribution in [3.63, 3.8) is 0 Å². The minimum atomic E-state index is -0.335. The van der Waals surface area contributed by atoms with Crippen LogP contribution in [0.5, 0.6) is 0 Å². The summed E-state index contributed by atoms with van der Waals surface area (Å²) >= 11 is 0. The van der Waals surface area contributed by atoms with E-state index in [1.165, 1.54) is 12.5 Å². The second kappa shape index (κ2) is 11.9. The number of urea groups is 1. The van der Waals surface area contributed by atoms with Gasteiger partial charge in [-0.25, -0.2) is 4.79 Å². The van der Waals surface area contributed by atoms with E-state index in [0.29, 0.717) is 35.8 Å². The standard InChI is InChI=1S/C29H35N5O3/c1-19-7-10-24(17-27(19)33-29(37)32-26-6-4-3-5-25(26)31-20(2)35)28(36)34-15-13-23(14-16-34)22-11-8-21(18-30)9-12-22/h7-12,17,23,25-26H,3-6,13-16H2,1-2H3,(H,31,35)(H2,32,33,37). The van der Waals surface area contributed by atoms with Crippen molar-refractivity contribution in [3.05, 3.63) is 64.7 Å². The number of aryl methyl sites for hydroxylation is 1. The SMILES string of the molecule is CC(=O)NC1CCCCC1NC(=O)Nc1cc(C(=O)N2CCC(c3ccc(C#N)cc3)CC2)ccc1C. The quantitative estimate of drug-likeness (QED) is 0.561. The maximum atomic E-state index is 13.3. The van der Waals surface area contributed by atoms with Crippen molar-refractivity contribution in [3.8, 4) is 6.07 Å². The summed E-state index contributed by atoms with van der Waals surface area (Å²) in [7, 11) is 0. The molecule has 4 amide bonds. The van der Waals surface area contributed by atoms with E-state index in [0.717, 1.165) is 44.1 Å². The lowest BCUT2D eigenvalue weighted by molar-refractivity contribution is -0.120. The van der Waals surface area contributed by atoms with E-state index in [9.17, 15) is 14.4 Å². The van der Waals surface area contributed by atoms with E-state index in [1.54, 1.807) is 12.1 Å². The number of nitrogens with zero attached hydrogens (tertiary/aromatic N) is 2. The summed E-state index contributed by atoms with van der Waals surface area (Å²) in [5, 5.41) is 17.9. The van der Waals surface area contributed by atoms with Gasteiger partial charge in [-0.1, -0.05) is 31.0 Å². The van der Waals surface area contributed by atoms with Gasteiger partial charge in [-0.2, -0.15) is 5.26 Å². The van der Waals surface area contributed by atoms with Crippen LogP contribution in [0.2, 0.25) is 0 Å². The van der Waals surface area contributed by atoms with Crippen LogP contribution in [0.15, 0.2) is 42.5 Å². The van der Waals surface area contributed by atoms with Crippen LogP contribution >= 0.6 is 0 Å². The molecule has 2 aliphatic rings. The average molecular weight is 502 g/mol. The molecule has 3 N–H and O–H groups in total. The Bertz CT molecular complexity index is 1180. The highest BCUT2D eigenvalue weighted by atomic mass is 16.2. The number of nitrogens with one attached hydrogen (secondary N) is 3. The number of piperidine rings is 1. The minimum absolute atomic E-state index is 0.0419. The molecule has 2 atom stereocenters. The summed E-state index contributed by atoms with van der Waals surface area (Å²) < 4.78 is 0. The highest BCUT2D eigenvalue weighted by Crippen LogP contribution is 2.29. The largest absolute Gasteiger partial charge is 0.352 e. The van der Waals surface area contributed by atoms with Crippen LogP contribution < -0.4 is 16.0 Å². The van der Waals surface area contributed by atoms with E-state index >= 15 is 0 Å². The van der Waals surface area contributed by atoms with Crippen molar-refractivity contribution in [1.82, 2.24) is 15.5 Å². The number of hydrogen-bond acceptors (Lipinski definition) is 4. The number of carbonyl (C=O) groups is 3. The molecule has 2 aromatic rings. The zero-order valence-corrected chi connectivity index (χ0v) is 21.5. The van der Waals surface area contributed by atoms with Gasteiger partial charge in [-0.05, 0) is 73.9 Å². The number of benzene rings is 2. The van der Waals surface area contributed by atoms with Gasteiger partial charge in [0.05, 0.1) is 17.7 Å². The van der Waals surface area contributed by atoms with Crippen LogP contribution in [0.1, 0.15) is 78.4 Å². The van der Waals surface area contributed by atoms with Crippen molar-refractivity contribution in [2.45, 2.75) is 70.4 Å². The fourth-order valence-electron chi connectivity index (χ4n) is 5.38. The molecule has 2 unspecified atom stereocenters. The van der Waals surface area contributed by atoms with Crippen LogP contribution in [0.25, 0.3) is 0 Å². The predicted molar refractivity (Wildman–Crippen MR) is 142 cm³/mol. The Labute approximate surface area is 218 Å². The molecule has 0 radical (unpaired) electrons. The summed E-state index contributed by atoms with van der Waals surface area (Å²) in [6.07, 6.45) is 5.43. The Kier molecular flexibility index (Phi) is 8.44. The molecule has 8 nitrogen and oxygen atoms in total. The molecule has 1 heterocycles. The number of rotatable bonds is 5. The van der Waals surface area contributed by atoms with Gasteiger partial charge in [0.15, 0.2) is 0 Å². The van der Waals surface area contributed by atoms with Crippen molar-refractivity contribution in [1.29, 1.82) is 5.26 Å². The van der Waals surface area contributed by atoms with Gasteiger partial charge in [0, 0.05) is 37.3 Å². The van der Waals surface area contributed by atoms with Crippen molar-refractivity contribution < 1.29 is 14.4 Å². The first kappa shape index (κ1) is 26.2. The number of amides is 4. The normalized spacial score (nSPS) is 20.0. The van der Waals surface area contributed by atoms with Crippen LogP contribution in [0, 0.1) is 18.3 Å². The first-order valence-corrected chi connectivity index (χ1v) is 13.1. The van der Waals surface area contributed by atoms with Crippen molar-refractivity contribution >= 4 is 23.5 Å². The number of hydrogen-bond donors (Lipinski definition) is 3. The van der Waals surface area contributed by atoms with Crippen LogP contribution in [0.4, 0.5) is 10.5 Å². The Morgan fingerprint density at radius 3 is 2.19 bits per heavy atom. The predicted octanol–water partition coefficient (Wildman–Crippen LogP) is 4.46. The molecular weight excluding hydrogens is 466 g/mol. The maximum absolute atomic E-state index is 13.3. The second-order valence-corrected chi connectivity index (χ2v) is 10.1. The zero-order chi connectivity index (χ0) is 26.4. The van der Waals surface area contributed by atoms with Crippen LogP contribution in [-0.2, 0) is 4.79 Å². The van der Waals surface area contributed by atoms with Gasteiger partial charge < -0.3 is 20.9 Å². The molecule has 8 heteroatoms. The van der Waals surface area contributed by atoms with E-state index < -0.39 is 0 Å². The van der Waals surface area contributed by atoms with E-state index in [2.05, 4.69) is 22.0 Å². The van der Waals surface area contributed by atoms with Crippen molar-refractivity contribution in [2.24, 2.45) is 0 Å². The molecule has 1 saturated heterocycles. The number of carbonyl (C=O) groups excluding carboxylic acids is 3. The molecule has 0 aromatic heterocycles. The fraction of sp³-hybridized carbons (Fsp3) is 0.448. The second-order valence-electron chi connectivity index (χ2n) is 10.1. The molecule has 1 aliphatic carbocycles. The third-order valence-electron chi connectivity index (χ3n) is 7.50. The molecule has 2 aromatic carbocycles. The summed E-state index contributed by atoms with van der Waals surface area (Å²) in [4.78, 5) is 39.5. The highest BCUT2D eigenvalue weighted by Gasteiger charge is 2.28. The molecule has 0 bridgehead atoms. The maximum Gasteiger partial charge on any atom is 0.319 e. The number of nitriles is 1. The van der Waals surface area contributed by atoms with E-state index in [4.69, 9.17) is 5.26 Å². The molecular formula is C29H35N5O3. The Morgan fingerprint density at radius 1 is 0.919 bits per heavy atom. The first-order chi connectivity index (χ1) is 17.8. The Morgan fingerprint density at radius 2 is 1.57 bits per heavy atom. The zero-order valence-electron chi connectivity index (χ0n) is 21.5. The van der Waals surface area contributed by atoms with Gasteiger partial charge in [0.2, 0.25) is 5.91 Å². The molecule has 4 rings (SSSR count). The van der Waals surface area contributed by atoms with E-state index in [1.807, 2.05) is 42.2 Å². The topological polar surface area (TPSA) is 114 Å². The summed E-state index contributed by atoms with van der Waals surface area (Å²) in [6.45, 7) is 4.71. The first-order valence-electron chi connectivity index (χ1n) is 13.1. The van der Waals surface area contributed by atoms with Gasteiger partial charge >= 0.3 is 6.03 Å². The highest BCUT2D eigenvalue weighted by molar-refractivity contribution is 5.97. The third-order valence-corrected chi connectivity index (χ3v) is 7.50. The number of likely N-dealkylation sites (tertiary alicyclic amines) is 1. The van der Waals surface area contributed by atoms with Gasteiger partial charge in [-0.15, -0.1) is 0 Å². The van der Waals surface area contributed by atoms with Gasteiger partial charge in [0.25, 0.3) is 5.91 Å². The number of anilines is 1. The van der Waals surface area contributed by atoms with Gasteiger partial charge in [-0.3, -0.25) is 9.59 Å². The molecule has 1 saturated carbocycles. The fourth-order valence-corrected chi connectivity index (χ4v) is 5.38. The lowest BCUT2D eigenvalue weighted by Crippen LogP contribution is -2.53. The van der Waals surface area contributed by atoms with Crippen LogP contribution in [0.3, 0.4) is 0 Å². The van der Waals surface area contributed by atoms with Gasteiger partial charge in [0.1, 0.15) is 0 Å². The smallest absolute Gasteiger partial charge is 0.319 e. The minimum Gasteiger partial charge on any atom is -0.352 e. The monoisotopic (exact) mass is 501 g/mol. The molecule has 2 fully saturated rings. The van der Waals surface area contributed by atoms with E-state index in [-0.39, 0.29) is 29.9 Å². The summed E-state index contributed by atoms with van der Waals surface area (Å²) in [6, 6.07) is 14.7. The lowest BCUT2D eigenvalue weighted by atomic mass is 9.89. The molecule has 194 valence electrons. The average Bonchev–Trinajstić information content (AvgIpc) is 2.90.